The van der Waals surface area contributed by atoms with Crippen molar-refractivity contribution in [2.24, 2.45) is 0 Å². The first-order valence-corrected chi connectivity index (χ1v) is 5.91. The molecule has 1 fully saturated rings. The van der Waals surface area contributed by atoms with Crippen molar-refractivity contribution in [1.82, 2.24) is 14.7 Å². The molecule has 0 aromatic carbocycles. The Kier molecular flexibility index (Phi) is 3.15. The number of rotatable bonds is 5. The number of aryl methyl sites for hydroxylation is 1. The molecule has 1 aromatic heterocycles. The molecule has 1 amide bonds. The number of nitrogens with one attached hydrogen (secondary N) is 2. The van der Waals surface area contributed by atoms with Gasteiger partial charge in [0, 0.05) is 24.0 Å². The van der Waals surface area contributed by atoms with Gasteiger partial charge in [-0.25, -0.2) is 4.98 Å². The second-order valence-electron chi connectivity index (χ2n) is 3.56. The Balaban J connectivity index is 1.73. The van der Waals surface area contributed by atoms with Crippen LogP contribution in [-0.4, -0.2) is 27.9 Å². The maximum Gasteiger partial charge on any atom is 0.239 e. The van der Waals surface area contributed by atoms with Crippen LogP contribution in [0.3, 0.4) is 0 Å². The normalized spacial score (nSPS) is 15.0. The molecular formula is C9H14N4OS. The lowest BCUT2D eigenvalue weighted by Gasteiger charge is -2.02. The van der Waals surface area contributed by atoms with Crippen LogP contribution in [0.4, 0.5) is 5.13 Å². The van der Waals surface area contributed by atoms with Crippen LogP contribution in [0.1, 0.15) is 25.6 Å². The van der Waals surface area contributed by atoms with E-state index in [4.69, 9.17) is 0 Å². The highest BCUT2D eigenvalue weighted by atomic mass is 32.1. The average Bonchev–Trinajstić information content (AvgIpc) is 2.92. The molecule has 1 heterocycles. The van der Waals surface area contributed by atoms with Crippen molar-refractivity contribution < 1.29 is 4.79 Å². The van der Waals surface area contributed by atoms with Gasteiger partial charge in [0.1, 0.15) is 5.82 Å². The summed E-state index contributed by atoms with van der Waals surface area (Å²) in [5.74, 6) is 0.857. The number of hydrogen-bond donors (Lipinski definition) is 2. The van der Waals surface area contributed by atoms with Crippen LogP contribution >= 0.6 is 11.5 Å². The molecule has 0 radical (unpaired) electrons. The number of carbonyl (C=O) groups excluding carboxylic acids is 1. The molecule has 0 bridgehead atoms. The lowest BCUT2D eigenvalue weighted by Crippen LogP contribution is -2.31. The molecule has 5 nitrogen and oxygen atoms in total. The number of carbonyl (C=O) groups is 1. The zero-order valence-corrected chi connectivity index (χ0v) is 9.43. The lowest BCUT2D eigenvalue weighted by molar-refractivity contribution is -0.119. The van der Waals surface area contributed by atoms with Crippen LogP contribution in [0.5, 0.6) is 0 Å². The van der Waals surface area contributed by atoms with E-state index in [2.05, 4.69) is 20.0 Å². The molecule has 15 heavy (non-hydrogen) atoms. The summed E-state index contributed by atoms with van der Waals surface area (Å²) in [4.78, 5) is 15.5. The molecule has 1 aromatic rings. The number of anilines is 1. The minimum absolute atomic E-state index is 0.0331. The monoisotopic (exact) mass is 226 g/mol. The van der Waals surface area contributed by atoms with Crippen molar-refractivity contribution in [3.63, 3.8) is 0 Å². The summed E-state index contributed by atoms with van der Waals surface area (Å²) in [6, 6.07) is 0.417. The van der Waals surface area contributed by atoms with Gasteiger partial charge < -0.3 is 10.6 Å². The molecule has 2 N–H and O–H groups in total. The van der Waals surface area contributed by atoms with Crippen molar-refractivity contribution >= 4 is 22.6 Å². The van der Waals surface area contributed by atoms with E-state index in [9.17, 15) is 4.79 Å². The maximum absolute atomic E-state index is 11.3. The van der Waals surface area contributed by atoms with Gasteiger partial charge in [0.25, 0.3) is 0 Å². The largest absolute Gasteiger partial charge is 0.352 e. The van der Waals surface area contributed by atoms with E-state index in [0.717, 1.165) is 30.2 Å². The summed E-state index contributed by atoms with van der Waals surface area (Å²) in [5.41, 5.74) is 0. The van der Waals surface area contributed by atoms with Gasteiger partial charge in [-0.15, -0.1) is 0 Å². The summed E-state index contributed by atoms with van der Waals surface area (Å²) >= 11 is 1.30. The number of nitrogens with zero attached hydrogens (tertiary/aromatic N) is 2. The third kappa shape index (κ3) is 3.16. The molecule has 0 atom stereocenters. The second kappa shape index (κ2) is 4.57. The molecule has 0 unspecified atom stereocenters. The molecular weight excluding hydrogens is 212 g/mol. The van der Waals surface area contributed by atoms with Gasteiger partial charge in [-0.1, -0.05) is 6.92 Å². The Morgan fingerprint density at radius 3 is 3.00 bits per heavy atom. The van der Waals surface area contributed by atoms with Gasteiger partial charge in [-0.3, -0.25) is 4.79 Å². The fraction of sp³-hybridized carbons (Fsp3) is 0.667. The van der Waals surface area contributed by atoms with E-state index >= 15 is 0 Å². The van der Waals surface area contributed by atoms with Crippen molar-refractivity contribution in [2.75, 3.05) is 11.9 Å². The van der Waals surface area contributed by atoms with Crippen LogP contribution in [0.15, 0.2) is 0 Å². The van der Waals surface area contributed by atoms with E-state index in [1.165, 1.54) is 11.5 Å². The summed E-state index contributed by atoms with van der Waals surface area (Å²) in [6.07, 6.45) is 3.06. The third-order valence-electron chi connectivity index (χ3n) is 2.13. The molecule has 6 heteroatoms. The van der Waals surface area contributed by atoms with E-state index < -0.39 is 0 Å². The smallest absolute Gasteiger partial charge is 0.239 e. The number of amides is 1. The molecule has 0 saturated heterocycles. The van der Waals surface area contributed by atoms with E-state index in [-0.39, 0.29) is 12.5 Å². The number of hydrogen-bond acceptors (Lipinski definition) is 5. The summed E-state index contributed by atoms with van der Waals surface area (Å²) in [5, 5.41) is 6.59. The third-order valence-corrected chi connectivity index (χ3v) is 2.84. The van der Waals surface area contributed by atoms with Crippen LogP contribution in [-0.2, 0) is 11.2 Å². The van der Waals surface area contributed by atoms with Crippen molar-refractivity contribution in [1.29, 1.82) is 0 Å². The summed E-state index contributed by atoms with van der Waals surface area (Å²) in [6.45, 7) is 2.29. The Labute approximate surface area is 92.5 Å². The fourth-order valence-corrected chi connectivity index (χ4v) is 1.78. The zero-order valence-electron chi connectivity index (χ0n) is 8.62. The van der Waals surface area contributed by atoms with Crippen LogP contribution in [0, 0.1) is 0 Å². The molecule has 1 aliphatic carbocycles. The maximum atomic E-state index is 11.3. The first kappa shape index (κ1) is 10.4. The van der Waals surface area contributed by atoms with Gasteiger partial charge in [0.15, 0.2) is 0 Å². The Hall–Kier alpha value is -1.17. The standard InChI is InChI=1S/C9H14N4OS/c1-2-7-12-9(15-13-7)10-5-8(14)11-6-3-4-6/h6H,2-5H2,1H3,(H,11,14)(H,10,12,13). The topological polar surface area (TPSA) is 66.9 Å². The SMILES string of the molecule is CCc1nsc(NCC(=O)NC2CC2)n1. The molecule has 2 rings (SSSR count). The van der Waals surface area contributed by atoms with Crippen molar-refractivity contribution in [3.8, 4) is 0 Å². The first-order valence-electron chi connectivity index (χ1n) is 5.13. The highest BCUT2D eigenvalue weighted by molar-refractivity contribution is 7.09. The molecule has 1 saturated carbocycles. The van der Waals surface area contributed by atoms with E-state index in [0.29, 0.717) is 6.04 Å². The highest BCUT2D eigenvalue weighted by Crippen LogP contribution is 2.18. The van der Waals surface area contributed by atoms with E-state index in [1.807, 2.05) is 6.92 Å². The highest BCUT2D eigenvalue weighted by Gasteiger charge is 2.22. The fourth-order valence-electron chi connectivity index (χ4n) is 1.13. The van der Waals surface area contributed by atoms with Crippen LogP contribution in [0.25, 0.3) is 0 Å². The zero-order chi connectivity index (χ0) is 10.7. The predicted molar refractivity (Wildman–Crippen MR) is 58.9 cm³/mol. The van der Waals surface area contributed by atoms with Gasteiger partial charge in [0.2, 0.25) is 11.0 Å². The van der Waals surface area contributed by atoms with Gasteiger partial charge in [-0.05, 0) is 12.8 Å². The average molecular weight is 226 g/mol. The Bertz CT molecular complexity index is 348. The van der Waals surface area contributed by atoms with E-state index in [1.54, 1.807) is 0 Å². The minimum atomic E-state index is 0.0331. The minimum Gasteiger partial charge on any atom is -0.352 e. The number of aromatic nitrogens is 2. The summed E-state index contributed by atoms with van der Waals surface area (Å²) < 4.78 is 4.12. The quantitative estimate of drug-likeness (QED) is 0.779. The Morgan fingerprint density at radius 1 is 1.60 bits per heavy atom. The van der Waals surface area contributed by atoms with Gasteiger partial charge in [-0.2, -0.15) is 4.37 Å². The van der Waals surface area contributed by atoms with Crippen LogP contribution < -0.4 is 10.6 Å². The first-order chi connectivity index (χ1) is 7.28. The van der Waals surface area contributed by atoms with Crippen molar-refractivity contribution in [3.05, 3.63) is 5.82 Å². The molecule has 82 valence electrons. The van der Waals surface area contributed by atoms with Gasteiger partial charge >= 0.3 is 0 Å². The molecule has 1 aliphatic rings. The van der Waals surface area contributed by atoms with Crippen molar-refractivity contribution in [2.45, 2.75) is 32.2 Å². The predicted octanol–water partition coefficient (Wildman–Crippen LogP) is 0.791. The van der Waals surface area contributed by atoms with Crippen LogP contribution in [0.2, 0.25) is 0 Å². The molecule has 0 spiro atoms. The second-order valence-corrected chi connectivity index (χ2v) is 4.32. The molecule has 0 aliphatic heterocycles. The summed E-state index contributed by atoms with van der Waals surface area (Å²) in [7, 11) is 0. The van der Waals surface area contributed by atoms with Gasteiger partial charge in [0.05, 0.1) is 6.54 Å². The lowest BCUT2D eigenvalue weighted by atomic mass is 10.5. The Morgan fingerprint density at radius 2 is 2.40 bits per heavy atom.